The first-order valence-corrected chi connectivity index (χ1v) is 3.85. The van der Waals surface area contributed by atoms with Gasteiger partial charge in [0, 0.05) is 0 Å². The van der Waals surface area contributed by atoms with Crippen LogP contribution in [0.2, 0.25) is 0 Å². The monoisotopic (exact) mass is 168 g/mol. The normalized spacial score (nSPS) is 8.50. The number of hydrogen-bond donors (Lipinski definition) is 1. The minimum atomic E-state index is -0.862. The van der Waals surface area contributed by atoms with Gasteiger partial charge in [0.1, 0.15) is 0 Å². The molecule has 68 valence electrons. The maximum absolute atomic E-state index is 10.1. The number of hydrogen-bond acceptors (Lipinski definition) is 1. The number of rotatable bonds is 4. The Bertz CT molecular complexity index is 178. The smallest absolute Gasteiger partial charge is 0.307 e. The molecule has 0 unspecified atom stereocenters. The summed E-state index contributed by atoms with van der Waals surface area (Å²) in [6, 6.07) is 0. The number of carbonyl (C=O) groups is 1. The highest BCUT2D eigenvalue weighted by atomic mass is 16.4. The van der Waals surface area contributed by atoms with Gasteiger partial charge in [0.15, 0.2) is 0 Å². The highest BCUT2D eigenvalue weighted by Crippen LogP contribution is 1.98. The van der Waals surface area contributed by atoms with Gasteiger partial charge in [-0.15, -0.1) is 0 Å². The molecule has 0 bridgehead atoms. The van der Waals surface area contributed by atoms with Crippen molar-refractivity contribution in [3.63, 3.8) is 0 Å². The van der Waals surface area contributed by atoms with E-state index in [0.717, 1.165) is 0 Å². The molecule has 0 heterocycles. The average Bonchev–Trinajstić information content (AvgIpc) is 2.03. The molecule has 2 nitrogen and oxygen atoms in total. The Labute approximate surface area is 73.9 Å². The largest absolute Gasteiger partial charge is 0.481 e. The Morgan fingerprint density at radius 1 is 1.50 bits per heavy atom. The molecule has 1 N–H and O–H groups in total. The molecule has 0 aromatic heterocycles. The van der Waals surface area contributed by atoms with Crippen LogP contribution in [0.25, 0.3) is 0 Å². The van der Waals surface area contributed by atoms with E-state index in [1.165, 1.54) is 0 Å². The van der Waals surface area contributed by atoms with Crippen LogP contribution in [0.5, 0.6) is 0 Å². The third kappa shape index (κ3) is 11.5. The fourth-order valence-electron chi connectivity index (χ4n) is 0.457. The molecular weight excluding hydrogens is 152 g/mol. The fraction of sp³-hybridized carbons (Fsp3) is 0.300. The fourth-order valence-corrected chi connectivity index (χ4v) is 0.457. The second-order valence-corrected chi connectivity index (χ2v) is 1.82. The first-order valence-electron chi connectivity index (χ1n) is 3.85. The Hall–Kier alpha value is -1.31. The Balaban J connectivity index is 0. The van der Waals surface area contributed by atoms with Crippen molar-refractivity contribution in [3.05, 3.63) is 37.0 Å². The van der Waals surface area contributed by atoms with Crippen LogP contribution in [0.3, 0.4) is 0 Å². The summed E-state index contributed by atoms with van der Waals surface area (Å²) in [4.78, 5) is 10.1. The summed E-state index contributed by atoms with van der Waals surface area (Å²) in [5.41, 5.74) is 0.576. The van der Waals surface area contributed by atoms with Crippen molar-refractivity contribution in [2.24, 2.45) is 0 Å². The molecule has 0 aliphatic carbocycles. The second-order valence-electron chi connectivity index (χ2n) is 1.82. The highest BCUT2D eigenvalue weighted by molar-refractivity contribution is 5.70. The lowest BCUT2D eigenvalue weighted by Crippen LogP contribution is -1.93. The van der Waals surface area contributed by atoms with Gasteiger partial charge in [-0.2, -0.15) is 0 Å². The van der Waals surface area contributed by atoms with E-state index < -0.39 is 5.97 Å². The van der Waals surface area contributed by atoms with Gasteiger partial charge >= 0.3 is 5.97 Å². The van der Waals surface area contributed by atoms with Crippen LogP contribution in [-0.2, 0) is 4.79 Å². The van der Waals surface area contributed by atoms with Crippen molar-refractivity contribution >= 4 is 5.97 Å². The van der Waals surface area contributed by atoms with Crippen molar-refractivity contribution in [2.45, 2.75) is 20.3 Å². The predicted octanol–water partition coefficient (Wildman–Crippen LogP) is 2.79. The Kier molecular flexibility index (Phi) is 10.7. The third-order valence-electron chi connectivity index (χ3n) is 0.846. The van der Waals surface area contributed by atoms with Crippen molar-refractivity contribution < 1.29 is 9.90 Å². The van der Waals surface area contributed by atoms with Gasteiger partial charge in [0.05, 0.1) is 6.42 Å². The molecule has 2 heteroatoms. The van der Waals surface area contributed by atoms with Crippen molar-refractivity contribution in [3.8, 4) is 0 Å². The number of allylic oxidation sites excluding steroid dienone is 3. The summed E-state index contributed by atoms with van der Waals surface area (Å²) in [6.07, 6.45) is 4.85. The first kappa shape index (κ1) is 13.3. The van der Waals surface area contributed by atoms with Crippen LogP contribution >= 0.6 is 0 Å². The summed E-state index contributed by atoms with van der Waals surface area (Å²) in [7, 11) is 0. The number of aliphatic carboxylic acids is 1. The zero-order chi connectivity index (χ0) is 9.98. The molecule has 0 aliphatic heterocycles. The van der Waals surface area contributed by atoms with E-state index in [1.54, 1.807) is 18.2 Å². The van der Waals surface area contributed by atoms with Crippen molar-refractivity contribution in [2.75, 3.05) is 0 Å². The molecule has 0 fully saturated rings. The molecule has 0 rings (SSSR count). The maximum atomic E-state index is 10.1. The molecule has 0 aromatic carbocycles. The Morgan fingerprint density at radius 2 is 2.00 bits per heavy atom. The quantitative estimate of drug-likeness (QED) is 0.655. The first-order chi connectivity index (χ1) is 5.66. The summed E-state index contributed by atoms with van der Waals surface area (Å²) >= 11 is 0. The summed E-state index contributed by atoms with van der Waals surface area (Å²) in [5.74, 6) is -0.862. The minimum absolute atomic E-state index is 0.00958. The molecule has 0 atom stereocenters. The maximum Gasteiger partial charge on any atom is 0.307 e. The summed E-state index contributed by atoms with van der Waals surface area (Å²) in [5, 5.41) is 8.26. The second kappa shape index (κ2) is 9.69. The van der Waals surface area contributed by atoms with Gasteiger partial charge in [0.25, 0.3) is 0 Å². The zero-order valence-corrected chi connectivity index (χ0v) is 7.71. The molecule has 0 aliphatic rings. The van der Waals surface area contributed by atoms with Gasteiger partial charge in [0.2, 0.25) is 0 Å². The molecular formula is C10H16O2. The topological polar surface area (TPSA) is 37.3 Å². The van der Waals surface area contributed by atoms with E-state index >= 15 is 0 Å². The summed E-state index contributed by atoms with van der Waals surface area (Å²) in [6.45, 7) is 11.0. The highest BCUT2D eigenvalue weighted by Gasteiger charge is 1.95. The predicted molar refractivity (Wildman–Crippen MR) is 52.1 cm³/mol. The molecule has 0 saturated heterocycles. The lowest BCUT2D eigenvalue weighted by Gasteiger charge is -1.90. The summed E-state index contributed by atoms with van der Waals surface area (Å²) < 4.78 is 0. The molecule has 0 spiro atoms. The standard InChI is InChI=1S/C8H10O2.C2H6/c1-3-4-5-7(2)6-8(9)10;1-2/h3-5H,1-2,6H2,(H,9,10);1-2H3/b5-4-;. The Morgan fingerprint density at radius 3 is 2.33 bits per heavy atom. The average molecular weight is 168 g/mol. The van der Waals surface area contributed by atoms with Crippen LogP contribution in [0.4, 0.5) is 0 Å². The molecule has 0 aromatic rings. The SMILES string of the molecule is C=C/C=C\C(=C)CC(=O)O.CC. The van der Waals surface area contributed by atoms with E-state index in [0.29, 0.717) is 5.57 Å². The van der Waals surface area contributed by atoms with Crippen LogP contribution in [0.15, 0.2) is 37.0 Å². The number of carboxylic acids is 1. The van der Waals surface area contributed by atoms with E-state index in [9.17, 15) is 4.79 Å². The van der Waals surface area contributed by atoms with E-state index in [2.05, 4.69) is 13.2 Å². The lowest BCUT2D eigenvalue weighted by molar-refractivity contribution is -0.136. The van der Waals surface area contributed by atoms with Crippen molar-refractivity contribution in [1.29, 1.82) is 0 Å². The zero-order valence-electron chi connectivity index (χ0n) is 7.71. The van der Waals surface area contributed by atoms with Crippen LogP contribution < -0.4 is 0 Å². The van der Waals surface area contributed by atoms with Gasteiger partial charge in [-0.05, 0) is 5.57 Å². The van der Waals surface area contributed by atoms with Crippen molar-refractivity contribution in [1.82, 2.24) is 0 Å². The third-order valence-corrected chi connectivity index (χ3v) is 0.846. The lowest BCUT2D eigenvalue weighted by atomic mass is 10.2. The van der Waals surface area contributed by atoms with Gasteiger partial charge in [-0.1, -0.05) is 45.2 Å². The van der Waals surface area contributed by atoms with Gasteiger partial charge < -0.3 is 5.11 Å². The molecule has 0 radical (unpaired) electrons. The minimum Gasteiger partial charge on any atom is -0.481 e. The van der Waals surface area contributed by atoms with Crippen LogP contribution in [-0.4, -0.2) is 11.1 Å². The molecule has 0 saturated carbocycles. The van der Waals surface area contributed by atoms with Crippen LogP contribution in [0, 0.1) is 0 Å². The number of carboxylic acid groups (broad SMARTS) is 1. The molecule has 0 amide bonds. The van der Waals surface area contributed by atoms with Gasteiger partial charge in [-0.3, -0.25) is 4.79 Å². The van der Waals surface area contributed by atoms with Gasteiger partial charge in [-0.25, -0.2) is 0 Å². The van der Waals surface area contributed by atoms with Crippen LogP contribution in [0.1, 0.15) is 20.3 Å². The van der Waals surface area contributed by atoms with E-state index in [4.69, 9.17) is 5.11 Å². The van der Waals surface area contributed by atoms with E-state index in [-0.39, 0.29) is 6.42 Å². The molecule has 12 heavy (non-hydrogen) atoms. The van der Waals surface area contributed by atoms with E-state index in [1.807, 2.05) is 13.8 Å².